The molecular formula is C51H30N4O7S2. The number of fused-ring (bicyclic) bond motifs is 9. The van der Waals surface area contributed by atoms with Crippen LogP contribution in [0.3, 0.4) is 0 Å². The average molecular weight is 875 g/mol. The molecule has 0 saturated carbocycles. The molecule has 0 aliphatic heterocycles. The Balaban J connectivity index is 1.11. The summed E-state index contributed by atoms with van der Waals surface area (Å²) < 4.78 is 4.42. The number of phenolic OH excluding ortho intramolecular Hbond substituents is 7. The number of thiophene rings is 2. The minimum absolute atomic E-state index is 0.0671. The van der Waals surface area contributed by atoms with Crippen LogP contribution in [0.2, 0.25) is 0 Å². The van der Waals surface area contributed by atoms with Crippen molar-refractivity contribution in [1.82, 2.24) is 19.5 Å². The van der Waals surface area contributed by atoms with Gasteiger partial charge in [0.15, 0.2) is 40.5 Å². The number of benzene rings is 8. The summed E-state index contributed by atoms with van der Waals surface area (Å²) in [5, 5.41) is 79.6. The predicted molar refractivity (Wildman–Crippen MR) is 253 cm³/mol. The van der Waals surface area contributed by atoms with Crippen LogP contribution < -0.4 is 0 Å². The normalized spacial score (nSPS) is 11.9. The van der Waals surface area contributed by atoms with E-state index in [1.54, 1.807) is 17.4 Å². The first-order valence-electron chi connectivity index (χ1n) is 20.0. The third kappa shape index (κ3) is 5.28. The number of aromatic hydroxyl groups is 7. The molecule has 308 valence electrons. The molecule has 0 bridgehead atoms. The lowest BCUT2D eigenvalue weighted by Gasteiger charge is -2.14. The minimum atomic E-state index is -0.990. The van der Waals surface area contributed by atoms with Crippen molar-refractivity contribution in [3.05, 3.63) is 140 Å². The molecule has 12 rings (SSSR count). The lowest BCUT2D eigenvalue weighted by atomic mass is 9.98. The van der Waals surface area contributed by atoms with Gasteiger partial charge in [-0.15, -0.1) is 22.7 Å². The molecule has 12 aromatic rings. The first-order chi connectivity index (χ1) is 31.2. The molecule has 13 heteroatoms. The molecule has 7 N–H and O–H groups in total. The number of hydrogen-bond acceptors (Lipinski definition) is 12. The van der Waals surface area contributed by atoms with Crippen LogP contribution in [0.1, 0.15) is 0 Å². The van der Waals surface area contributed by atoms with Gasteiger partial charge in [0.2, 0.25) is 17.2 Å². The fraction of sp³-hybridized carbons (Fsp3) is 0. The summed E-state index contributed by atoms with van der Waals surface area (Å²) in [6.07, 6.45) is 0. The Kier molecular flexibility index (Phi) is 8.07. The van der Waals surface area contributed by atoms with Gasteiger partial charge in [-0.1, -0.05) is 103 Å². The maximum Gasteiger partial charge on any atom is 0.205 e. The molecule has 8 aromatic carbocycles. The standard InChI is InChI=1S/C51H30N4O7S2/c56-39-35(47-37(40(57)42(39)59)38-41(58)43(60)44(61)45(62)48(38)64-47)26-19-21-32-30(23-26)27-15-7-9-17-31(27)55(32)33-22-20-29(36-28-16-8-10-18-34(28)63-46(33)36)51-53-49(24-11-3-1-4-12-24)52-50(54-51)25-13-5-2-6-14-25/h1-23,56-62H. The van der Waals surface area contributed by atoms with Crippen molar-refractivity contribution in [3.63, 3.8) is 0 Å². The number of hydrogen-bond donors (Lipinski definition) is 7. The smallest absolute Gasteiger partial charge is 0.205 e. The Labute approximate surface area is 369 Å². The van der Waals surface area contributed by atoms with Crippen molar-refractivity contribution < 1.29 is 35.7 Å². The van der Waals surface area contributed by atoms with Gasteiger partial charge in [-0.05, 0) is 42.0 Å². The van der Waals surface area contributed by atoms with E-state index in [1.807, 2.05) is 109 Å². The van der Waals surface area contributed by atoms with Crippen LogP contribution in [0.25, 0.3) is 113 Å². The number of phenols is 7. The zero-order chi connectivity index (χ0) is 43.5. The molecule has 4 aromatic heterocycles. The van der Waals surface area contributed by atoms with E-state index in [4.69, 9.17) is 15.0 Å². The van der Waals surface area contributed by atoms with E-state index >= 15 is 0 Å². The van der Waals surface area contributed by atoms with E-state index in [9.17, 15) is 35.7 Å². The van der Waals surface area contributed by atoms with Crippen molar-refractivity contribution >= 4 is 84.8 Å². The van der Waals surface area contributed by atoms with E-state index in [0.29, 0.717) is 23.0 Å². The van der Waals surface area contributed by atoms with Gasteiger partial charge in [-0.3, -0.25) is 0 Å². The second-order valence-corrected chi connectivity index (χ2v) is 17.5. The van der Waals surface area contributed by atoms with Gasteiger partial charge in [-0.2, -0.15) is 0 Å². The zero-order valence-electron chi connectivity index (χ0n) is 33.0. The lowest BCUT2D eigenvalue weighted by molar-refractivity contribution is 0.351. The lowest BCUT2D eigenvalue weighted by Crippen LogP contribution is -2.01. The van der Waals surface area contributed by atoms with Crippen molar-refractivity contribution in [2.24, 2.45) is 0 Å². The van der Waals surface area contributed by atoms with Gasteiger partial charge in [0.1, 0.15) is 0 Å². The third-order valence-electron chi connectivity index (χ3n) is 11.8. The number of aromatic nitrogens is 4. The van der Waals surface area contributed by atoms with Gasteiger partial charge < -0.3 is 40.3 Å². The zero-order valence-corrected chi connectivity index (χ0v) is 34.6. The largest absolute Gasteiger partial charge is 0.504 e. The maximum atomic E-state index is 11.5. The monoisotopic (exact) mass is 874 g/mol. The molecule has 4 heterocycles. The fourth-order valence-corrected chi connectivity index (χ4v) is 11.4. The summed E-state index contributed by atoms with van der Waals surface area (Å²) in [6.45, 7) is 0. The van der Waals surface area contributed by atoms with E-state index in [2.05, 4.69) is 28.8 Å². The summed E-state index contributed by atoms with van der Waals surface area (Å²) in [6, 6.07) is 45.8. The van der Waals surface area contributed by atoms with Gasteiger partial charge in [0.05, 0.1) is 41.6 Å². The molecule has 0 radical (unpaired) electrons. The van der Waals surface area contributed by atoms with E-state index in [-0.39, 0.29) is 25.7 Å². The summed E-state index contributed by atoms with van der Waals surface area (Å²) in [5.74, 6) is -4.04. The van der Waals surface area contributed by atoms with Crippen LogP contribution in [0, 0.1) is 0 Å². The highest BCUT2D eigenvalue weighted by Crippen LogP contribution is 2.60. The molecule has 64 heavy (non-hydrogen) atoms. The van der Waals surface area contributed by atoms with Crippen LogP contribution in [0.4, 0.5) is 0 Å². The molecule has 0 atom stereocenters. The van der Waals surface area contributed by atoms with E-state index < -0.39 is 40.2 Å². The molecule has 0 saturated heterocycles. The summed E-state index contributed by atoms with van der Waals surface area (Å²) in [4.78, 5) is 15.2. The number of nitrogens with zero attached hydrogens (tertiary/aromatic N) is 4. The topological polar surface area (TPSA) is 185 Å². The Hall–Kier alpha value is -8.39. The first kappa shape index (κ1) is 37.4. The number of para-hydroxylation sites is 1. The van der Waals surface area contributed by atoms with Crippen molar-refractivity contribution in [1.29, 1.82) is 0 Å². The molecule has 0 spiro atoms. The molecular weight excluding hydrogens is 845 g/mol. The van der Waals surface area contributed by atoms with Crippen LogP contribution >= 0.6 is 22.7 Å². The van der Waals surface area contributed by atoms with Gasteiger partial charge in [-0.25, -0.2) is 15.0 Å². The maximum absolute atomic E-state index is 11.5. The SMILES string of the molecule is Oc1c(O)c(O)c2c(sc3c(-c4ccc5c(c4)c4ccccc4n5-c4ccc(-c5nc(-c6ccccc6)nc(-c6ccccc6)n5)c5c4sc4ccccc45)c(O)c(O)c(O)c32)c1O. The molecule has 0 aliphatic carbocycles. The highest BCUT2D eigenvalue weighted by molar-refractivity contribution is 7.27. The van der Waals surface area contributed by atoms with Crippen LogP contribution in [0.5, 0.6) is 40.2 Å². The van der Waals surface area contributed by atoms with Gasteiger partial charge >= 0.3 is 0 Å². The van der Waals surface area contributed by atoms with Crippen molar-refractivity contribution in [2.75, 3.05) is 0 Å². The minimum Gasteiger partial charge on any atom is -0.504 e. The Morgan fingerprint density at radius 1 is 0.375 bits per heavy atom. The van der Waals surface area contributed by atoms with Crippen molar-refractivity contribution in [3.8, 4) is 91.2 Å². The van der Waals surface area contributed by atoms with Gasteiger partial charge in [0, 0.05) is 48.5 Å². The first-order valence-corrected chi connectivity index (χ1v) is 21.7. The van der Waals surface area contributed by atoms with E-state index in [0.717, 1.165) is 75.7 Å². The highest BCUT2D eigenvalue weighted by atomic mass is 32.1. The Morgan fingerprint density at radius 3 is 1.64 bits per heavy atom. The number of rotatable bonds is 5. The molecule has 0 unspecified atom stereocenters. The second-order valence-electron chi connectivity index (χ2n) is 15.4. The van der Waals surface area contributed by atoms with Crippen LogP contribution in [-0.2, 0) is 0 Å². The molecule has 11 nitrogen and oxygen atoms in total. The molecule has 0 aliphatic rings. The highest BCUT2D eigenvalue weighted by Gasteiger charge is 2.30. The fourth-order valence-electron chi connectivity index (χ4n) is 8.89. The Bertz CT molecular complexity index is 3880. The van der Waals surface area contributed by atoms with E-state index in [1.165, 1.54) is 0 Å². The van der Waals surface area contributed by atoms with Crippen LogP contribution in [-0.4, -0.2) is 55.3 Å². The van der Waals surface area contributed by atoms with Gasteiger partial charge in [0.25, 0.3) is 0 Å². The predicted octanol–water partition coefficient (Wildman–Crippen LogP) is 12.3. The van der Waals surface area contributed by atoms with Crippen LogP contribution in [0.15, 0.2) is 140 Å². The Morgan fingerprint density at radius 2 is 0.938 bits per heavy atom. The quantitative estimate of drug-likeness (QED) is 0.0648. The average Bonchev–Trinajstić information content (AvgIpc) is 4.03. The van der Waals surface area contributed by atoms with Crippen molar-refractivity contribution in [2.45, 2.75) is 0 Å². The summed E-state index contributed by atoms with van der Waals surface area (Å²) >= 11 is 2.54. The third-order valence-corrected chi connectivity index (χ3v) is 14.2. The second kappa shape index (κ2) is 13.8. The summed E-state index contributed by atoms with van der Waals surface area (Å²) in [7, 11) is 0. The molecule has 0 amide bonds. The molecule has 0 fully saturated rings. The summed E-state index contributed by atoms with van der Waals surface area (Å²) in [5.41, 5.74) is 5.82.